The molecule has 15 heavy (non-hydrogen) atoms. The Hall–Kier alpha value is -0.610. The summed E-state index contributed by atoms with van der Waals surface area (Å²) in [6, 6.07) is -0.110. The quantitative estimate of drug-likeness (QED) is 0.518. The van der Waals surface area contributed by atoms with Gasteiger partial charge in [-0.15, -0.1) is 0 Å². The number of nitrogens with one attached hydrogen (secondary N) is 2. The van der Waals surface area contributed by atoms with Crippen LogP contribution in [0, 0.1) is 5.92 Å². The molecule has 4 nitrogen and oxygen atoms in total. The molecule has 0 aliphatic heterocycles. The summed E-state index contributed by atoms with van der Waals surface area (Å²) in [5.41, 5.74) is 0. The van der Waals surface area contributed by atoms with Crippen molar-refractivity contribution < 1.29 is 9.90 Å². The zero-order valence-electron chi connectivity index (χ0n) is 10.0. The van der Waals surface area contributed by atoms with Crippen molar-refractivity contribution in [1.82, 2.24) is 10.6 Å². The minimum Gasteiger partial charge on any atom is -0.394 e. The molecule has 90 valence electrons. The van der Waals surface area contributed by atoms with Crippen LogP contribution in [0.4, 0.5) is 0 Å². The smallest absolute Gasteiger partial charge is 0.234 e. The maximum absolute atomic E-state index is 11.4. The fraction of sp³-hybridized carbons (Fsp3) is 0.909. The standard InChI is InChI=1S/C11H24N2O2/c1-4-5-12-7-11(15)13-10(8-14)6-9(2)3/h9-10,12,14H,4-8H2,1-3H3,(H,13,15). The van der Waals surface area contributed by atoms with Crippen molar-refractivity contribution in [2.75, 3.05) is 19.7 Å². The highest BCUT2D eigenvalue weighted by molar-refractivity contribution is 5.78. The monoisotopic (exact) mass is 216 g/mol. The van der Waals surface area contributed by atoms with E-state index >= 15 is 0 Å². The molecule has 0 aromatic heterocycles. The molecule has 1 amide bonds. The maximum Gasteiger partial charge on any atom is 0.234 e. The number of hydrogen-bond donors (Lipinski definition) is 3. The van der Waals surface area contributed by atoms with Gasteiger partial charge in [-0.1, -0.05) is 20.8 Å². The fourth-order valence-electron chi connectivity index (χ4n) is 1.41. The van der Waals surface area contributed by atoms with E-state index in [1.165, 1.54) is 0 Å². The molecular formula is C11H24N2O2. The number of hydrogen-bond acceptors (Lipinski definition) is 3. The molecule has 0 saturated carbocycles. The third kappa shape index (κ3) is 8.39. The molecule has 0 aromatic carbocycles. The van der Waals surface area contributed by atoms with E-state index in [1.54, 1.807) is 0 Å². The number of aliphatic hydroxyl groups excluding tert-OH is 1. The molecule has 0 saturated heterocycles. The summed E-state index contributed by atoms with van der Waals surface area (Å²) in [7, 11) is 0. The van der Waals surface area contributed by atoms with Crippen LogP contribution >= 0.6 is 0 Å². The lowest BCUT2D eigenvalue weighted by Gasteiger charge is -2.18. The van der Waals surface area contributed by atoms with Crippen LogP contribution in [-0.2, 0) is 4.79 Å². The summed E-state index contributed by atoms with van der Waals surface area (Å²) in [6.45, 7) is 7.40. The molecule has 0 aliphatic carbocycles. The summed E-state index contributed by atoms with van der Waals surface area (Å²) < 4.78 is 0. The zero-order chi connectivity index (χ0) is 11.7. The van der Waals surface area contributed by atoms with Gasteiger partial charge in [0.2, 0.25) is 5.91 Å². The Labute approximate surface area is 92.4 Å². The van der Waals surface area contributed by atoms with E-state index in [9.17, 15) is 4.79 Å². The maximum atomic E-state index is 11.4. The van der Waals surface area contributed by atoms with Gasteiger partial charge in [-0.3, -0.25) is 4.79 Å². The van der Waals surface area contributed by atoms with Crippen LogP contribution in [0.1, 0.15) is 33.6 Å². The first-order chi connectivity index (χ1) is 7.10. The first-order valence-electron chi connectivity index (χ1n) is 5.71. The van der Waals surface area contributed by atoms with Crippen LogP contribution in [-0.4, -0.2) is 36.8 Å². The highest BCUT2D eigenvalue weighted by atomic mass is 16.3. The summed E-state index contributed by atoms with van der Waals surface area (Å²) >= 11 is 0. The predicted octanol–water partition coefficient (Wildman–Crippen LogP) is 0.509. The van der Waals surface area contributed by atoms with Crippen molar-refractivity contribution in [1.29, 1.82) is 0 Å². The minimum absolute atomic E-state index is 0.0116. The molecule has 0 aromatic rings. The van der Waals surface area contributed by atoms with Gasteiger partial charge in [0.1, 0.15) is 0 Å². The Bertz CT molecular complexity index is 172. The highest BCUT2D eigenvalue weighted by Gasteiger charge is 2.12. The zero-order valence-corrected chi connectivity index (χ0v) is 10.0. The molecule has 0 fully saturated rings. The van der Waals surface area contributed by atoms with E-state index in [-0.39, 0.29) is 18.6 Å². The van der Waals surface area contributed by atoms with Gasteiger partial charge in [0.05, 0.1) is 19.2 Å². The van der Waals surface area contributed by atoms with Crippen molar-refractivity contribution in [3.63, 3.8) is 0 Å². The van der Waals surface area contributed by atoms with Gasteiger partial charge in [0.25, 0.3) is 0 Å². The fourth-order valence-corrected chi connectivity index (χ4v) is 1.41. The number of carbonyl (C=O) groups is 1. The van der Waals surface area contributed by atoms with Crippen molar-refractivity contribution >= 4 is 5.91 Å². The summed E-state index contributed by atoms with van der Waals surface area (Å²) in [5.74, 6) is 0.439. The molecule has 0 aliphatic rings. The van der Waals surface area contributed by atoms with Crippen molar-refractivity contribution in [3.05, 3.63) is 0 Å². The Balaban J connectivity index is 3.70. The van der Waals surface area contributed by atoms with Gasteiger partial charge in [0, 0.05) is 0 Å². The second-order valence-corrected chi connectivity index (χ2v) is 4.25. The molecule has 1 unspecified atom stereocenters. The predicted molar refractivity (Wildman–Crippen MR) is 61.6 cm³/mol. The van der Waals surface area contributed by atoms with Crippen LogP contribution in [0.5, 0.6) is 0 Å². The Morgan fingerprint density at radius 1 is 1.40 bits per heavy atom. The summed E-state index contributed by atoms with van der Waals surface area (Å²) in [5, 5.41) is 14.9. The number of carbonyl (C=O) groups excluding carboxylic acids is 1. The normalized spacial score (nSPS) is 12.9. The van der Waals surface area contributed by atoms with E-state index < -0.39 is 0 Å². The molecule has 0 heterocycles. The molecule has 4 heteroatoms. The van der Waals surface area contributed by atoms with Gasteiger partial charge < -0.3 is 15.7 Å². The molecule has 0 bridgehead atoms. The second-order valence-electron chi connectivity index (χ2n) is 4.25. The number of aliphatic hydroxyl groups is 1. The van der Waals surface area contributed by atoms with Gasteiger partial charge in [0.15, 0.2) is 0 Å². The molecular weight excluding hydrogens is 192 g/mol. The Morgan fingerprint density at radius 3 is 2.53 bits per heavy atom. The van der Waals surface area contributed by atoms with Gasteiger partial charge >= 0.3 is 0 Å². The van der Waals surface area contributed by atoms with E-state index in [4.69, 9.17) is 5.11 Å². The van der Waals surface area contributed by atoms with E-state index in [1.807, 2.05) is 0 Å². The largest absolute Gasteiger partial charge is 0.394 e. The lowest BCUT2D eigenvalue weighted by atomic mass is 10.0. The van der Waals surface area contributed by atoms with Crippen LogP contribution in [0.3, 0.4) is 0 Å². The lowest BCUT2D eigenvalue weighted by molar-refractivity contribution is -0.121. The molecule has 0 spiro atoms. The SMILES string of the molecule is CCCNCC(=O)NC(CO)CC(C)C. The van der Waals surface area contributed by atoms with Crippen LogP contribution in [0.15, 0.2) is 0 Å². The van der Waals surface area contributed by atoms with Crippen molar-refractivity contribution in [2.24, 2.45) is 5.92 Å². The van der Waals surface area contributed by atoms with E-state index in [2.05, 4.69) is 31.4 Å². The molecule has 3 N–H and O–H groups in total. The van der Waals surface area contributed by atoms with Crippen LogP contribution in [0.2, 0.25) is 0 Å². The van der Waals surface area contributed by atoms with Crippen LogP contribution < -0.4 is 10.6 Å². The van der Waals surface area contributed by atoms with E-state index in [0.717, 1.165) is 19.4 Å². The molecule has 0 rings (SSSR count). The van der Waals surface area contributed by atoms with Crippen molar-refractivity contribution in [2.45, 2.75) is 39.7 Å². The van der Waals surface area contributed by atoms with Crippen molar-refractivity contribution in [3.8, 4) is 0 Å². The highest BCUT2D eigenvalue weighted by Crippen LogP contribution is 2.03. The van der Waals surface area contributed by atoms with Gasteiger partial charge in [-0.05, 0) is 25.3 Å². The van der Waals surface area contributed by atoms with Crippen LogP contribution in [0.25, 0.3) is 0 Å². The van der Waals surface area contributed by atoms with Gasteiger partial charge in [-0.2, -0.15) is 0 Å². The topological polar surface area (TPSA) is 61.4 Å². The third-order valence-electron chi connectivity index (χ3n) is 2.05. The second kappa shape index (κ2) is 8.68. The Morgan fingerprint density at radius 2 is 2.07 bits per heavy atom. The molecule has 0 radical (unpaired) electrons. The third-order valence-corrected chi connectivity index (χ3v) is 2.05. The average molecular weight is 216 g/mol. The number of rotatable bonds is 8. The summed E-state index contributed by atoms with van der Waals surface area (Å²) in [4.78, 5) is 11.4. The summed E-state index contributed by atoms with van der Waals surface area (Å²) in [6.07, 6.45) is 1.83. The van der Waals surface area contributed by atoms with Gasteiger partial charge in [-0.25, -0.2) is 0 Å². The first kappa shape index (κ1) is 14.4. The lowest BCUT2D eigenvalue weighted by Crippen LogP contribution is -2.43. The Kier molecular flexibility index (Phi) is 8.33. The molecule has 1 atom stereocenters. The van der Waals surface area contributed by atoms with E-state index in [0.29, 0.717) is 12.5 Å². The minimum atomic E-state index is -0.110. The average Bonchev–Trinajstić information content (AvgIpc) is 2.16. The first-order valence-corrected chi connectivity index (χ1v) is 5.71. The number of amides is 1.